The summed E-state index contributed by atoms with van der Waals surface area (Å²) < 4.78 is 14.9. The van der Waals surface area contributed by atoms with Crippen LogP contribution in [0.1, 0.15) is 10.4 Å². The van der Waals surface area contributed by atoms with Gasteiger partial charge in [-0.1, -0.05) is 18.2 Å². The maximum absolute atomic E-state index is 12.9. The van der Waals surface area contributed by atoms with Gasteiger partial charge in [0.2, 0.25) is 0 Å². The van der Waals surface area contributed by atoms with Gasteiger partial charge in [-0.15, -0.1) is 0 Å². The highest BCUT2D eigenvalue weighted by Crippen LogP contribution is 2.20. The molecule has 122 valence electrons. The molecule has 0 aliphatic carbocycles. The molecule has 4 rings (SSSR count). The second-order valence-electron chi connectivity index (χ2n) is 5.61. The van der Waals surface area contributed by atoms with Gasteiger partial charge in [0.15, 0.2) is 0 Å². The van der Waals surface area contributed by atoms with Crippen molar-refractivity contribution in [1.82, 2.24) is 9.55 Å². The van der Waals surface area contributed by atoms with E-state index in [0.29, 0.717) is 11.3 Å². The van der Waals surface area contributed by atoms with Crippen molar-refractivity contribution in [3.8, 4) is 5.69 Å². The highest BCUT2D eigenvalue weighted by Gasteiger charge is 2.10. The molecule has 1 aromatic heterocycles. The molecule has 4 aromatic rings. The van der Waals surface area contributed by atoms with Crippen molar-refractivity contribution in [2.75, 3.05) is 5.32 Å². The average molecular weight is 331 g/mol. The molecule has 1 heterocycles. The summed E-state index contributed by atoms with van der Waals surface area (Å²) in [4.78, 5) is 16.8. The van der Waals surface area contributed by atoms with Gasteiger partial charge in [-0.05, 0) is 54.6 Å². The number of aromatic nitrogens is 2. The van der Waals surface area contributed by atoms with Crippen molar-refractivity contribution in [3.63, 3.8) is 0 Å². The molecular formula is C20H14FN3O. The number of amides is 1. The van der Waals surface area contributed by atoms with E-state index in [0.717, 1.165) is 16.7 Å². The predicted octanol–water partition coefficient (Wildman–Crippen LogP) is 4.42. The fourth-order valence-electron chi connectivity index (χ4n) is 2.68. The monoisotopic (exact) mass is 331 g/mol. The van der Waals surface area contributed by atoms with Crippen molar-refractivity contribution in [2.45, 2.75) is 0 Å². The number of nitrogens with one attached hydrogen (secondary N) is 1. The Labute approximate surface area is 143 Å². The Morgan fingerprint density at radius 3 is 2.48 bits per heavy atom. The van der Waals surface area contributed by atoms with Crippen LogP contribution in [0.15, 0.2) is 79.1 Å². The lowest BCUT2D eigenvalue weighted by Gasteiger charge is -2.06. The fourth-order valence-corrected chi connectivity index (χ4v) is 2.68. The van der Waals surface area contributed by atoms with Crippen LogP contribution in [-0.2, 0) is 0 Å². The summed E-state index contributed by atoms with van der Waals surface area (Å²) in [5.74, 6) is -0.603. The molecule has 0 saturated heterocycles. The first-order chi connectivity index (χ1) is 12.2. The van der Waals surface area contributed by atoms with Crippen molar-refractivity contribution in [2.24, 2.45) is 0 Å². The Kier molecular flexibility index (Phi) is 3.74. The smallest absolute Gasteiger partial charge is 0.255 e. The fraction of sp³-hybridized carbons (Fsp3) is 0. The molecule has 0 bridgehead atoms. The minimum absolute atomic E-state index is 0.261. The number of benzene rings is 3. The summed E-state index contributed by atoms with van der Waals surface area (Å²) in [6, 6.07) is 20.9. The number of carbonyl (C=O) groups is 1. The second-order valence-corrected chi connectivity index (χ2v) is 5.61. The first-order valence-electron chi connectivity index (χ1n) is 7.80. The summed E-state index contributed by atoms with van der Waals surface area (Å²) in [6.45, 7) is 0. The predicted molar refractivity (Wildman–Crippen MR) is 95.4 cm³/mol. The molecule has 0 radical (unpaired) electrons. The van der Waals surface area contributed by atoms with E-state index in [1.807, 2.05) is 41.0 Å². The van der Waals surface area contributed by atoms with Crippen LogP contribution in [0.2, 0.25) is 0 Å². The van der Waals surface area contributed by atoms with Crippen LogP contribution >= 0.6 is 0 Å². The largest absolute Gasteiger partial charge is 0.322 e. The van der Waals surface area contributed by atoms with Crippen LogP contribution < -0.4 is 5.32 Å². The number of carbonyl (C=O) groups excluding carboxylic acids is 1. The normalized spacial score (nSPS) is 10.8. The van der Waals surface area contributed by atoms with E-state index in [2.05, 4.69) is 10.3 Å². The summed E-state index contributed by atoms with van der Waals surface area (Å²) in [7, 11) is 0. The molecule has 0 unspecified atom stereocenters. The summed E-state index contributed by atoms with van der Waals surface area (Å²) in [5, 5.41) is 2.75. The van der Waals surface area contributed by atoms with Crippen molar-refractivity contribution in [1.29, 1.82) is 0 Å². The van der Waals surface area contributed by atoms with Gasteiger partial charge >= 0.3 is 0 Å². The molecule has 0 fully saturated rings. The standard InChI is InChI=1S/C20H14FN3O/c21-15-7-9-16(10-8-15)23-20(25)14-6-11-19-18(12-14)22-13-24(19)17-4-2-1-3-5-17/h1-13H,(H,23,25). The van der Waals surface area contributed by atoms with E-state index < -0.39 is 0 Å². The first kappa shape index (κ1) is 15.1. The Bertz CT molecular complexity index is 1040. The van der Waals surface area contributed by atoms with Crippen LogP contribution in [-0.4, -0.2) is 15.5 Å². The number of hydrogen-bond donors (Lipinski definition) is 1. The van der Waals surface area contributed by atoms with Crippen LogP contribution in [0.3, 0.4) is 0 Å². The first-order valence-corrected chi connectivity index (χ1v) is 7.80. The maximum atomic E-state index is 12.9. The van der Waals surface area contributed by atoms with E-state index in [4.69, 9.17) is 0 Å². The Morgan fingerprint density at radius 2 is 1.72 bits per heavy atom. The number of nitrogens with zero attached hydrogens (tertiary/aromatic N) is 2. The third kappa shape index (κ3) is 2.99. The molecular weight excluding hydrogens is 317 g/mol. The number of anilines is 1. The van der Waals surface area contributed by atoms with Gasteiger partial charge in [-0.25, -0.2) is 9.37 Å². The maximum Gasteiger partial charge on any atom is 0.255 e. The average Bonchev–Trinajstić information content (AvgIpc) is 3.07. The van der Waals surface area contributed by atoms with Gasteiger partial charge < -0.3 is 5.32 Å². The van der Waals surface area contributed by atoms with Gasteiger partial charge in [0.25, 0.3) is 5.91 Å². The third-order valence-electron chi connectivity index (χ3n) is 3.95. The lowest BCUT2D eigenvalue weighted by atomic mass is 10.1. The molecule has 4 nitrogen and oxygen atoms in total. The molecule has 1 amide bonds. The SMILES string of the molecule is O=C(Nc1ccc(F)cc1)c1ccc2c(c1)ncn2-c1ccccc1. The van der Waals surface area contributed by atoms with E-state index >= 15 is 0 Å². The molecule has 0 spiro atoms. The van der Waals surface area contributed by atoms with Gasteiger partial charge in [0.05, 0.1) is 11.0 Å². The van der Waals surface area contributed by atoms with Gasteiger partial charge in [-0.2, -0.15) is 0 Å². The molecule has 0 atom stereocenters. The Morgan fingerprint density at radius 1 is 0.960 bits per heavy atom. The lowest BCUT2D eigenvalue weighted by molar-refractivity contribution is 0.102. The lowest BCUT2D eigenvalue weighted by Crippen LogP contribution is -2.11. The van der Waals surface area contributed by atoms with Crippen LogP contribution in [0.4, 0.5) is 10.1 Å². The summed E-state index contributed by atoms with van der Waals surface area (Å²) >= 11 is 0. The zero-order chi connectivity index (χ0) is 17.2. The third-order valence-corrected chi connectivity index (χ3v) is 3.95. The quantitative estimate of drug-likeness (QED) is 0.604. The number of hydrogen-bond acceptors (Lipinski definition) is 2. The van der Waals surface area contributed by atoms with Crippen LogP contribution in [0.5, 0.6) is 0 Å². The molecule has 1 N–H and O–H groups in total. The minimum atomic E-state index is -0.342. The van der Waals surface area contributed by atoms with E-state index in [-0.39, 0.29) is 11.7 Å². The van der Waals surface area contributed by atoms with Gasteiger partial charge in [0, 0.05) is 16.9 Å². The molecule has 3 aromatic carbocycles. The zero-order valence-electron chi connectivity index (χ0n) is 13.2. The minimum Gasteiger partial charge on any atom is -0.322 e. The number of fused-ring (bicyclic) bond motifs is 1. The summed E-state index contributed by atoms with van der Waals surface area (Å²) in [5.41, 5.74) is 3.70. The van der Waals surface area contributed by atoms with E-state index in [1.54, 1.807) is 18.5 Å². The van der Waals surface area contributed by atoms with Gasteiger partial charge in [0.1, 0.15) is 12.1 Å². The van der Waals surface area contributed by atoms with Crippen molar-refractivity contribution < 1.29 is 9.18 Å². The molecule has 0 aliphatic heterocycles. The number of halogens is 1. The van der Waals surface area contributed by atoms with Gasteiger partial charge in [-0.3, -0.25) is 9.36 Å². The molecule has 25 heavy (non-hydrogen) atoms. The number of rotatable bonds is 3. The highest BCUT2D eigenvalue weighted by molar-refractivity contribution is 6.06. The zero-order valence-corrected chi connectivity index (χ0v) is 13.2. The van der Waals surface area contributed by atoms with Crippen molar-refractivity contribution in [3.05, 3.63) is 90.5 Å². The van der Waals surface area contributed by atoms with E-state index in [9.17, 15) is 9.18 Å². The van der Waals surface area contributed by atoms with Crippen LogP contribution in [0.25, 0.3) is 16.7 Å². The highest BCUT2D eigenvalue weighted by atomic mass is 19.1. The van der Waals surface area contributed by atoms with E-state index in [1.165, 1.54) is 24.3 Å². The van der Waals surface area contributed by atoms with Crippen molar-refractivity contribution >= 4 is 22.6 Å². The number of para-hydroxylation sites is 1. The second kappa shape index (κ2) is 6.20. The topological polar surface area (TPSA) is 46.9 Å². The van der Waals surface area contributed by atoms with Crippen LogP contribution in [0, 0.1) is 5.82 Å². The Hall–Kier alpha value is -3.47. The molecule has 5 heteroatoms. The summed E-state index contributed by atoms with van der Waals surface area (Å²) in [6.07, 6.45) is 1.74. The molecule has 0 aliphatic rings. The number of imidazole rings is 1. The Balaban J connectivity index is 1.63. The molecule has 0 saturated carbocycles.